The zero-order chi connectivity index (χ0) is 17.1. The van der Waals surface area contributed by atoms with Crippen molar-refractivity contribution in [2.24, 2.45) is 4.99 Å². The summed E-state index contributed by atoms with van der Waals surface area (Å²) in [6.07, 6.45) is -0.215. The molecule has 0 bridgehead atoms. The van der Waals surface area contributed by atoms with E-state index >= 15 is 0 Å². The smallest absolute Gasteiger partial charge is 0.191 e. The number of nitrogens with one attached hydrogen (secondary N) is 2. The predicted molar refractivity (Wildman–Crippen MR) is 92.9 cm³/mol. The Balaban J connectivity index is 2.50. The van der Waals surface area contributed by atoms with Crippen LogP contribution in [0.5, 0.6) is 0 Å². The number of rotatable bonds is 10. The Hall–Kier alpha value is -1.16. The molecule has 0 amide bonds. The molecule has 1 aromatic heterocycles. The molecule has 9 heteroatoms. The van der Waals surface area contributed by atoms with E-state index in [1.807, 2.05) is 6.92 Å². The molecule has 0 spiro atoms. The molecule has 0 saturated heterocycles. The molecule has 3 N–H and O–H groups in total. The average Bonchev–Trinajstić information content (AvgIpc) is 3.04. The van der Waals surface area contributed by atoms with Gasteiger partial charge in [-0.3, -0.25) is 4.99 Å². The van der Waals surface area contributed by atoms with Crippen molar-refractivity contribution in [3.8, 4) is 0 Å². The van der Waals surface area contributed by atoms with Crippen LogP contribution in [0.15, 0.2) is 26.7 Å². The minimum absolute atomic E-state index is 0.0181. The van der Waals surface area contributed by atoms with Crippen molar-refractivity contribution in [1.29, 1.82) is 0 Å². The van der Waals surface area contributed by atoms with Crippen LogP contribution in [0.4, 0.5) is 0 Å². The van der Waals surface area contributed by atoms with E-state index in [1.54, 1.807) is 18.6 Å². The summed E-state index contributed by atoms with van der Waals surface area (Å²) in [5, 5.41) is 17.8. The molecule has 1 unspecified atom stereocenters. The molecule has 23 heavy (non-hydrogen) atoms. The molecule has 1 heterocycles. The molecule has 132 valence electrons. The molecule has 0 aliphatic carbocycles. The van der Waals surface area contributed by atoms with E-state index in [2.05, 4.69) is 15.6 Å². The number of aliphatic imine (C=N–C) groups is 1. The monoisotopic (exact) mass is 363 g/mol. The first kappa shape index (κ1) is 19.9. The minimum Gasteiger partial charge on any atom is -0.390 e. The third kappa shape index (κ3) is 7.78. The normalized spacial score (nSPS) is 13.8. The van der Waals surface area contributed by atoms with Gasteiger partial charge in [0.25, 0.3) is 0 Å². The molecule has 1 aromatic rings. The fraction of sp³-hybridized carbons (Fsp3) is 0.643. The number of aliphatic hydroxyl groups is 1. The number of methoxy groups -OCH3 is 1. The van der Waals surface area contributed by atoms with Gasteiger partial charge in [0.2, 0.25) is 0 Å². The third-order valence-electron chi connectivity index (χ3n) is 2.84. The van der Waals surface area contributed by atoms with Gasteiger partial charge in [0.15, 0.2) is 15.8 Å². The van der Waals surface area contributed by atoms with E-state index in [0.717, 1.165) is 17.8 Å². The maximum atomic E-state index is 12.1. The minimum atomic E-state index is -3.46. The Bertz CT molecular complexity index is 559. The van der Waals surface area contributed by atoms with Crippen molar-refractivity contribution in [3.63, 3.8) is 0 Å². The van der Waals surface area contributed by atoms with Gasteiger partial charge >= 0.3 is 0 Å². The van der Waals surface area contributed by atoms with Gasteiger partial charge in [0.1, 0.15) is 4.21 Å². The van der Waals surface area contributed by atoms with Crippen LogP contribution in [-0.4, -0.2) is 64.7 Å². The fourth-order valence-corrected chi connectivity index (χ4v) is 4.26. The molecule has 0 aliphatic rings. The highest BCUT2D eigenvalue weighted by atomic mass is 32.2. The average molecular weight is 364 g/mol. The van der Waals surface area contributed by atoms with Crippen LogP contribution >= 0.6 is 11.3 Å². The number of aliphatic hydroxyl groups excluding tert-OH is 1. The van der Waals surface area contributed by atoms with Gasteiger partial charge < -0.3 is 20.5 Å². The summed E-state index contributed by atoms with van der Waals surface area (Å²) in [5.74, 6) is 0.219. The second-order valence-corrected chi connectivity index (χ2v) is 8.07. The summed E-state index contributed by atoms with van der Waals surface area (Å²) < 4.78 is 29.4. The molecule has 0 radical (unpaired) electrons. The lowest BCUT2D eigenvalue weighted by molar-refractivity contribution is 0.195. The highest BCUT2D eigenvalue weighted by Gasteiger charge is 2.20. The quantitative estimate of drug-likeness (QED) is 0.317. The summed E-state index contributed by atoms with van der Waals surface area (Å²) in [7, 11) is -1.82. The Morgan fingerprint density at radius 3 is 2.87 bits per heavy atom. The van der Waals surface area contributed by atoms with E-state index in [9.17, 15) is 13.5 Å². The second-order valence-electron chi connectivity index (χ2n) is 4.86. The van der Waals surface area contributed by atoms with Crippen LogP contribution in [-0.2, 0) is 14.6 Å². The first-order chi connectivity index (χ1) is 11.0. The van der Waals surface area contributed by atoms with Crippen molar-refractivity contribution in [2.75, 3.05) is 39.1 Å². The Morgan fingerprint density at radius 2 is 2.26 bits per heavy atom. The standard InChI is InChI=1S/C14H25N3O4S2/c1-3-15-14(16-7-5-8-21-2)17-10-12(18)11-23(19,20)13-6-4-9-22-13/h4,6,9,12,18H,3,5,7-8,10-11H2,1-2H3,(H2,15,16,17). The number of thiophene rings is 1. The van der Waals surface area contributed by atoms with Gasteiger partial charge in [-0.05, 0) is 24.8 Å². The van der Waals surface area contributed by atoms with Gasteiger partial charge in [0, 0.05) is 26.8 Å². The SMILES string of the molecule is CCNC(=NCC(O)CS(=O)(=O)c1cccs1)NCCCOC. The van der Waals surface area contributed by atoms with E-state index < -0.39 is 15.9 Å². The van der Waals surface area contributed by atoms with Crippen LogP contribution in [0.1, 0.15) is 13.3 Å². The Kier molecular flexibility index (Phi) is 9.15. The van der Waals surface area contributed by atoms with Crippen molar-refractivity contribution in [1.82, 2.24) is 10.6 Å². The van der Waals surface area contributed by atoms with Crippen molar-refractivity contribution >= 4 is 27.1 Å². The lowest BCUT2D eigenvalue weighted by atomic mass is 10.4. The summed E-state index contributed by atoms with van der Waals surface area (Å²) in [4.78, 5) is 4.22. The maximum Gasteiger partial charge on any atom is 0.191 e. The molecule has 7 nitrogen and oxygen atoms in total. The lowest BCUT2D eigenvalue weighted by Crippen LogP contribution is -2.39. The number of nitrogens with zero attached hydrogens (tertiary/aromatic N) is 1. The molecule has 0 saturated carbocycles. The zero-order valence-corrected chi connectivity index (χ0v) is 15.1. The summed E-state index contributed by atoms with van der Waals surface area (Å²) in [6, 6.07) is 3.21. The molecule has 0 fully saturated rings. The van der Waals surface area contributed by atoms with Gasteiger partial charge in [-0.2, -0.15) is 0 Å². The van der Waals surface area contributed by atoms with Gasteiger partial charge in [-0.15, -0.1) is 11.3 Å². The first-order valence-electron chi connectivity index (χ1n) is 7.45. The van der Waals surface area contributed by atoms with E-state index in [1.165, 1.54) is 6.07 Å². The number of hydrogen-bond donors (Lipinski definition) is 3. The Labute approximate surface area is 141 Å². The molecular formula is C14H25N3O4S2. The van der Waals surface area contributed by atoms with Crippen molar-refractivity contribution < 1.29 is 18.3 Å². The number of sulfone groups is 1. The van der Waals surface area contributed by atoms with Gasteiger partial charge in [-0.25, -0.2) is 8.42 Å². The zero-order valence-electron chi connectivity index (χ0n) is 13.5. The molecular weight excluding hydrogens is 338 g/mol. The van der Waals surface area contributed by atoms with Gasteiger partial charge in [0.05, 0.1) is 18.4 Å². The first-order valence-corrected chi connectivity index (χ1v) is 9.98. The number of ether oxygens (including phenoxy) is 1. The molecule has 1 atom stereocenters. The fourth-order valence-electron chi connectivity index (χ4n) is 1.79. The van der Waals surface area contributed by atoms with Crippen LogP contribution in [0, 0.1) is 0 Å². The van der Waals surface area contributed by atoms with Crippen LogP contribution in [0.2, 0.25) is 0 Å². The van der Waals surface area contributed by atoms with Crippen molar-refractivity contribution in [2.45, 2.75) is 23.7 Å². The highest BCUT2D eigenvalue weighted by Crippen LogP contribution is 2.18. The van der Waals surface area contributed by atoms with Crippen LogP contribution in [0.3, 0.4) is 0 Å². The molecule has 0 aromatic carbocycles. The van der Waals surface area contributed by atoms with Crippen LogP contribution < -0.4 is 10.6 Å². The van der Waals surface area contributed by atoms with E-state index in [4.69, 9.17) is 4.74 Å². The molecule has 1 rings (SSSR count). The molecule has 0 aliphatic heterocycles. The van der Waals surface area contributed by atoms with E-state index in [-0.39, 0.29) is 16.5 Å². The van der Waals surface area contributed by atoms with Crippen molar-refractivity contribution in [3.05, 3.63) is 17.5 Å². The largest absolute Gasteiger partial charge is 0.390 e. The summed E-state index contributed by atoms with van der Waals surface area (Å²) >= 11 is 1.15. The predicted octanol–water partition coefficient (Wildman–Crippen LogP) is 0.474. The topological polar surface area (TPSA) is 100 Å². The van der Waals surface area contributed by atoms with Gasteiger partial charge in [-0.1, -0.05) is 6.07 Å². The Morgan fingerprint density at radius 1 is 1.48 bits per heavy atom. The summed E-state index contributed by atoms with van der Waals surface area (Å²) in [6.45, 7) is 3.96. The number of guanidine groups is 1. The highest BCUT2D eigenvalue weighted by molar-refractivity contribution is 7.93. The number of hydrogen-bond acceptors (Lipinski definition) is 6. The summed E-state index contributed by atoms with van der Waals surface area (Å²) in [5.41, 5.74) is 0. The lowest BCUT2D eigenvalue weighted by Gasteiger charge is -2.13. The second kappa shape index (κ2) is 10.6. The van der Waals surface area contributed by atoms with Crippen LogP contribution in [0.25, 0.3) is 0 Å². The van der Waals surface area contributed by atoms with E-state index in [0.29, 0.717) is 25.7 Å². The maximum absolute atomic E-state index is 12.1. The third-order valence-corrected chi connectivity index (χ3v) is 6.12.